The summed E-state index contributed by atoms with van der Waals surface area (Å²) in [4.78, 5) is 14.8. The predicted octanol–water partition coefficient (Wildman–Crippen LogP) is 3.58. The predicted molar refractivity (Wildman–Crippen MR) is 121 cm³/mol. The van der Waals surface area contributed by atoms with Crippen LogP contribution in [-0.4, -0.2) is 56.3 Å². The van der Waals surface area contributed by atoms with E-state index in [2.05, 4.69) is 24.3 Å². The number of carbonyl (C=O) groups is 1. The summed E-state index contributed by atoms with van der Waals surface area (Å²) in [6.07, 6.45) is 2.91. The highest BCUT2D eigenvalue weighted by Crippen LogP contribution is 2.23. The molecule has 1 heterocycles. The fourth-order valence-electron chi connectivity index (χ4n) is 3.98. The van der Waals surface area contributed by atoms with Crippen molar-refractivity contribution in [3.05, 3.63) is 60.2 Å². The van der Waals surface area contributed by atoms with Gasteiger partial charge in [-0.05, 0) is 61.9 Å². The lowest BCUT2D eigenvalue weighted by atomic mass is 9.90. The summed E-state index contributed by atoms with van der Waals surface area (Å²) in [6, 6.07) is 16.8. The molecule has 168 valence electrons. The minimum absolute atomic E-state index is 0.130. The first-order valence-electron chi connectivity index (χ1n) is 11.0. The van der Waals surface area contributed by atoms with E-state index in [4.69, 9.17) is 4.74 Å². The topological polar surface area (TPSA) is 66.9 Å². The van der Waals surface area contributed by atoms with Crippen LogP contribution in [0.2, 0.25) is 0 Å². The molecule has 6 nitrogen and oxygen atoms in total. The second-order valence-corrected chi connectivity index (χ2v) is 9.79. The van der Waals surface area contributed by atoms with E-state index < -0.39 is 10.0 Å². The quantitative estimate of drug-likeness (QED) is 0.593. The summed E-state index contributed by atoms with van der Waals surface area (Å²) in [5, 5.41) is 0. The largest absolute Gasteiger partial charge is 0.494 e. The molecule has 0 N–H and O–H groups in total. The first-order chi connectivity index (χ1) is 14.9. The fraction of sp³-hybridized carbons (Fsp3) is 0.458. The summed E-state index contributed by atoms with van der Waals surface area (Å²) in [6.45, 7) is 5.61. The standard InChI is InChI=1S/C24H32N2O4S/c1-3-26(31(28,29)23-12-10-22(11-13-23)30-4-2)19-24(27)25-16-14-21(15-17-25)18-20-8-6-5-7-9-20/h5-13,21H,3-4,14-19H2,1-2H3. The zero-order valence-corrected chi connectivity index (χ0v) is 19.2. The Kier molecular flexibility index (Phi) is 8.09. The maximum atomic E-state index is 13.0. The summed E-state index contributed by atoms with van der Waals surface area (Å²) < 4.78 is 32.7. The molecule has 7 heteroatoms. The number of ether oxygens (including phenoxy) is 1. The average molecular weight is 445 g/mol. The molecule has 0 radical (unpaired) electrons. The minimum atomic E-state index is -3.74. The van der Waals surface area contributed by atoms with Crippen molar-refractivity contribution in [1.29, 1.82) is 0 Å². The second-order valence-electron chi connectivity index (χ2n) is 7.85. The van der Waals surface area contributed by atoms with E-state index in [0.717, 1.165) is 19.3 Å². The molecule has 2 aromatic rings. The third-order valence-electron chi connectivity index (χ3n) is 5.77. The van der Waals surface area contributed by atoms with Crippen molar-refractivity contribution in [2.75, 3.05) is 32.8 Å². The van der Waals surface area contributed by atoms with Gasteiger partial charge in [-0.2, -0.15) is 4.31 Å². The molecule has 0 unspecified atom stereocenters. The van der Waals surface area contributed by atoms with E-state index >= 15 is 0 Å². The van der Waals surface area contributed by atoms with E-state index in [1.807, 2.05) is 13.0 Å². The average Bonchev–Trinajstić information content (AvgIpc) is 2.79. The van der Waals surface area contributed by atoms with Crippen LogP contribution < -0.4 is 4.74 Å². The van der Waals surface area contributed by atoms with Crippen molar-refractivity contribution in [3.8, 4) is 5.75 Å². The van der Waals surface area contributed by atoms with Crippen LogP contribution >= 0.6 is 0 Å². The van der Waals surface area contributed by atoms with Crippen LogP contribution in [-0.2, 0) is 21.2 Å². The number of likely N-dealkylation sites (tertiary alicyclic amines) is 1. The van der Waals surface area contributed by atoms with Crippen molar-refractivity contribution >= 4 is 15.9 Å². The Morgan fingerprint density at radius 3 is 2.26 bits per heavy atom. The van der Waals surface area contributed by atoms with Gasteiger partial charge in [-0.25, -0.2) is 8.42 Å². The Labute approximate surface area is 185 Å². The number of sulfonamides is 1. The Balaban J connectivity index is 1.57. The van der Waals surface area contributed by atoms with E-state index in [0.29, 0.717) is 31.4 Å². The zero-order valence-electron chi connectivity index (χ0n) is 18.4. The maximum Gasteiger partial charge on any atom is 0.243 e. The highest BCUT2D eigenvalue weighted by molar-refractivity contribution is 7.89. The van der Waals surface area contributed by atoms with Crippen LogP contribution in [0.5, 0.6) is 5.75 Å². The van der Waals surface area contributed by atoms with Gasteiger partial charge >= 0.3 is 0 Å². The molecule has 2 aromatic carbocycles. The lowest BCUT2D eigenvalue weighted by molar-refractivity contribution is -0.132. The van der Waals surface area contributed by atoms with Gasteiger partial charge in [0, 0.05) is 19.6 Å². The van der Waals surface area contributed by atoms with Gasteiger partial charge in [-0.3, -0.25) is 4.79 Å². The number of rotatable bonds is 9. The fourth-order valence-corrected chi connectivity index (χ4v) is 5.37. The van der Waals surface area contributed by atoms with Crippen LogP contribution in [0.1, 0.15) is 32.3 Å². The van der Waals surface area contributed by atoms with E-state index in [-0.39, 0.29) is 23.9 Å². The number of benzene rings is 2. The highest BCUT2D eigenvalue weighted by Gasteiger charge is 2.29. The lowest BCUT2D eigenvalue weighted by Gasteiger charge is -2.33. The molecule has 0 atom stereocenters. The van der Waals surface area contributed by atoms with Crippen molar-refractivity contribution in [2.45, 2.75) is 38.0 Å². The lowest BCUT2D eigenvalue weighted by Crippen LogP contribution is -2.45. The summed E-state index contributed by atoms with van der Waals surface area (Å²) in [5.74, 6) is 1.05. The Morgan fingerprint density at radius 1 is 1.03 bits per heavy atom. The smallest absolute Gasteiger partial charge is 0.243 e. The van der Waals surface area contributed by atoms with E-state index in [1.54, 1.807) is 24.0 Å². The van der Waals surface area contributed by atoms with Crippen LogP contribution in [0.4, 0.5) is 0 Å². The SMILES string of the molecule is CCOc1ccc(S(=O)(=O)N(CC)CC(=O)N2CCC(Cc3ccccc3)CC2)cc1. The third-order valence-corrected chi connectivity index (χ3v) is 7.71. The van der Waals surface area contributed by atoms with Crippen LogP contribution in [0.3, 0.4) is 0 Å². The normalized spacial score (nSPS) is 15.3. The number of hydrogen-bond donors (Lipinski definition) is 0. The third kappa shape index (κ3) is 6.08. The number of likely N-dealkylation sites (N-methyl/N-ethyl adjacent to an activating group) is 1. The first-order valence-corrected chi connectivity index (χ1v) is 12.4. The molecule has 0 aliphatic carbocycles. The Bertz CT molecular complexity index is 937. The van der Waals surface area contributed by atoms with Gasteiger partial charge in [0.2, 0.25) is 15.9 Å². The van der Waals surface area contributed by atoms with Gasteiger partial charge < -0.3 is 9.64 Å². The molecule has 1 saturated heterocycles. The van der Waals surface area contributed by atoms with Crippen molar-refractivity contribution < 1.29 is 17.9 Å². The first kappa shape index (κ1) is 23.3. The summed E-state index contributed by atoms with van der Waals surface area (Å²) >= 11 is 0. The molecule has 0 spiro atoms. The molecule has 31 heavy (non-hydrogen) atoms. The molecular weight excluding hydrogens is 412 g/mol. The molecule has 0 aromatic heterocycles. The van der Waals surface area contributed by atoms with Crippen LogP contribution in [0, 0.1) is 5.92 Å². The van der Waals surface area contributed by atoms with Crippen LogP contribution in [0.25, 0.3) is 0 Å². The Morgan fingerprint density at radius 2 is 1.68 bits per heavy atom. The summed E-state index contributed by atoms with van der Waals surface area (Å²) in [5.41, 5.74) is 1.32. The minimum Gasteiger partial charge on any atom is -0.494 e. The molecular formula is C24H32N2O4S. The molecule has 1 fully saturated rings. The van der Waals surface area contributed by atoms with Gasteiger partial charge in [0.05, 0.1) is 18.0 Å². The van der Waals surface area contributed by atoms with Gasteiger partial charge in [0.1, 0.15) is 5.75 Å². The number of carbonyl (C=O) groups excluding carboxylic acids is 1. The molecule has 0 saturated carbocycles. The number of hydrogen-bond acceptors (Lipinski definition) is 4. The Hall–Kier alpha value is -2.38. The number of piperidine rings is 1. The molecule has 0 bridgehead atoms. The summed E-state index contributed by atoms with van der Waals surface area (Å²) in [7, 11) is -3.74. The number of nitrogens with zero attached hydrogens (tertiary/aromatic N) is 2. The van der Waals surface area contributed by atoms with Gasteiger partial charge in [-0.1, -0.05) is 37.3 Å². The van der Waals surface area contributed by atoms with Crippen molar-refractivity contribution in [1.82, 2.24) is 9.21 Å². The monoisotopic (exact) mass is 444 g/mol. The van der Waals surface area contributed by atoms with Gasteiger partial charge in [-0.15, -0.1) is 0 Å². The highest BCUT2D eigenvalue weighted by atomic mass is 32.2. The second kappa shape index (κ2) is 10.8. The van der Waals surface area contributed by atoms with Gasteiger partial charge in [0.15, 0.2) is 0 Å². The van der Waals surface area contributed by atoms with E-state index in [1.165, 1.54) is 22.0 Å². The molecule has 3 rings (SSSR count). The number of amides is 1. The van der Waals surface area contributed by atoms with Gasteiger partial charge in [0.25, 0.3) is 0 Å². The van der Waals surface area contributed by atoms with Crippen LogP contribution in [0.15, 0.2) is 59.5 Å². The maximum absolute atomic E-state index is 13.0. The van der Waals surface area contributed by atoms with Crippen molar-refractivity contribution in [3.63, 3.8) is 0 Å². The molecule has 1 aliphatic rings. The van der Waals surface area contributed by atoms with E-state index in [9.17, 15) is 13.2 Å². The zero-order chi connectivity index (χ0) is 22.3. The van der Waals surface area contributed by atoms with Crippen molar-refractivity contribution in [2.24, 2.45) is 5.92 Å². The molecule has 1 aliphatic heterocycles. The molecule has 1 amide bonds.